The first-order valence-electron chi connectivity index (χ1n) is 10.2. The molecule has 0 spiro atoms. The number of amides is 1. The van der Waals surface area contributed by atoms with Gasteiger partial charge in [-0.2, -0.15) is 0 Å². The first-order chi connectivity index (χ1) is 14.3. The molecule has 152 valence electrons. The van der Waals surface area contributed by atoms with Gasteiger partial charge in [0.05, 0.1) is 13.3 Å². The summed E-state index contributed by atoms with van der Waals surface area (Å²) in [5.41, 5.74) is 2.44. The number of benzene rings is 1. The van der Waals surface area contributed by atoms with E-state index in [1.165, 1.54) is 12.8 Å². The molecule has 3 heterocycles. The van der Waals surface area contributed by atoms with Gasteiger partial charge in [-0.15, -0.1) is 0 Å². The van der Waals surface area contributed by atoms with E-state index in [1.54, 1.807) is 19.5 Å². The largest absolute Gasteiger partial charge is 0.496 e. The number of fused-ring (bicyclic) bond motifs is 1. The molecule has 7 nitrogen and oxygen atoms in total. The van der Waals surface area contributed by atoms with Crippen LogP contribution in [0.25, 0.3) is 16.9 Å². The average molecular weight is 393 g/mol. The van der Waals surface area contributed by atoms with Crippen LogP contribution in [0.1, 0.15) is 32.1 Å². The zero-order valence-corrected chi connectivity index (χ0v) is 16.8. The second kappa shape index (κ2) is 8.94. The summed E-state index contributed by atoms with van der Waals surface area (Å²) in [6, 6.07) is 7.81. The van der Waals surface area contributed by atoms with E-state index in [-0.39, 0.29) is 5.91 Å². The lowest BCUT2D eigenvalue weighted by Crippen LogP contribution is -2.33. The number of imidazole rings is 1. The second-order valence-corrected chi connectivity index (χ2v) is 7.29. The summed E-state index contributed by atoms with van der Waals surface area (Å²) in [5.74, 6) is 1.82. The van der Waals surface area contributed by atoms with Crippen LogP contribution in [0.3, 0.4) is 0 Å². The van der Waals surface area contributed by atoms with Gasteiger partial charge in [0.15, 0.2) is 5.65 Å². The van der Waals surface area contributed by atoms with Crippen molar-refractivity contribution in [1.29, 1.82) is 0 Å². The first-order valence-corrected chi connectivity index (χ1v) is 10.2. The van der Waals surface area contributed by atoms with Crippen molar-refractivity contribution in [3.05, 3.63) is 42.9 Å². The van der Waals surface area contributed by atoms with Crippen LogP contribution in [0.5, 0.6) is 5.75 Å². The van der Waals surface area contributed by atoms with Crippen LogP contribution in [-0.4, -0.2) is 51.9 Å². The van der Waals surface area contributed by atoms with E-state index in [0.29, 0.717) is 13.0 Å². The molecule has 4 rings (SSSR count). The molecule has 1 amide bonds. The number of hydrogen-bond acceptors (Lipinski definition) is 5. The molecule has 2 aromatic heterocycles. The fourth-order valence-corrected chi connectivity index (χ4v) is 3.87. The number of nitrogens with one attached hydrogen (secondary N) is 1. The molecule has 1 aromatic carbocycles. The minimum Gasteiger partial charge on any atom is -0.496 e. The molecule has 1 fully saturated rings. The summed E-state index contributed by atoms with van der Waals surface area (Å²) < 4.78 is 7.49. The minimum absolute atomic E-state index is 0.216. The molecule has 0 unspecified atom stereocenters. The molecule has 0 aliphatic carbocycles. The Kier molecular flexibility index (Phi) is 5.93. The Hall–Kier alpha value is -3.09. The number of hydrogen-bond donors (Lipinski definition) is 1. The van der Waals surface area contributed by atoms with Gasteiger partial charge in [-0.1, -0.05) is 25.0 Å². The van der Waals surface area contributed by atoms with Crippen molar-refractivity contribution in [2.75, 3.05) is 32.1 Å². The van der Waals surface area contributed by atoms with Gasteiger partial charge in [-0.3, -0.25) is 14.2 Å². The van der Waals surface area contributed by atoms with Crippen molar-refractivity contribution in [1.82, 2.24) is 19.3 Å². The third-order valence-corrected chi connectivity index (χ3v) is 5.38. The van der Waals surface area contributed by atoms with Crippen molar-refractivity contribution >= 4 is 17.4 Å². The predicted molar refractivity (Wildman–Crippen MR) is 113 cm³/mol. The highest BCUT2D eigenvalue weighted by atomic mass is 16.5. The number of aromatic nitrogens is 3. The van der Waals surface area contributed by atoms with E-state index >= 15 is 0 Å². The van der Waals surface area contributed by atoms with Crippen molar-refractivity contribution in [3.8, 4) is 17.0 Å². The van der Waals surface area contributed by atoms with Crippen LogP contribution in [0.4, 0.5) is 5.82 Å². The molecule has 1 saturated heterocycles. The van der Waals surface area contributed by atoms with Crippen molar-refractivity contribution in [2.45, 2.75) is 32.1 Å². The Bertz CT molecular complexity index is 976. The third kappa shape index (κ3) is 4.18. The number of rotatable bonds is 6. The summed E-state index contributed by atoms with van der Waals surface area (Å²) in [5, 5.41) is 3.44. The average Bonchev–Trinajstić information content (AvgIpc) is 2.92. The normalized spacial score (nSPS) is 14.6. The molecule has 1 N–H and O–H groups in total. The molecule has 0 radical (unpaired) electrons. The smallest absolute Gasteiger partial charge is 0.224 e. The molecule has 7 heteroatoms. The zero-order valence-electron chi connectivity index (χ0n) is 16.8. The number of carbonyl (C=O) groups is 1. The van der Waals surface area contributed by atoms with Gasteiger partial charge in [0.1, 0.15) is 17.3 Å². The fraction of sp³-hybridized carbons (Fsp3) is 0.409. The summed E-state index contributed by atoms with van der Waals surface area (Å²) >= 11 is 0. The highest BCUT2D eigenvalue weighted by molar-refractivity contribution is 5.81. The summed E-state index contributed by atoms with van der Waals surface area (Å²) in [6.45, 7) is 2.31. The van der Waals surface area contributed by atoms with Gasteiger partial charge in [0.25, 0.3) is 0 Å². The SMILES string of the molecule is COc1ccccc1-c1nc2cnccn2c1NCCC(=O)N1CCCCCC1. The molecule has 1 aliphatic heterocycles. The van der Waals surface area contributed by atoms with Crippen molar-refractivity contribution in [2.24, 2.45) is 0 Å². The molecule has 0 atom stereocenters. The molecular weight excluding hydrogens is 366 g/mol. The maximum Gasteiger partial charge on any atom is 0.224 e. The van der Waals surface area contributed by atoms with E-state index in [0.717, 1.165) is 54.4 Å². The minimum atomic E-state index is 0.216. The Morgan fingerprint density at radius 1 is 1.17 bits per heavy atom. The Morgan fingerprint density at radius 3 is 2.76 bits per heavy atom. The number of para-hydroxylation sites is 1. The first kappa shape index (κ1) is 19.2. The summed E-state index contributed by atoms with van der Waals surface area (Å²) in [6.07, 6.45) is 10.5. The van der Waals surface area contributed by atoms with Crippen molar-refractivity contribution in [3.63, 3.8) is 0 Å². The number of methoxy groups -OCH3 is 1. The molecule has 0 saturated carbocycles. The van der Waals surface area contributed by atoms with E-state index < -0.39 is 0 Å². The van der Waals surface area contributed by atoms with E-state index in [1.807, 2.05) is 39.8 Å². The maximum atomic E-state index is 12.6. The Balaban J connectivity index is 1.55. The van der Waals surface area contributed by atoms with Crippen LogP contribution < -0.4 is 10.1 Å². The standard InChI is InChI=1S/C22H27N5O2/c1-29-18-9-5-4-8-17(18)21-22(27-15-12-23-16-19(27)25-21)24-11-10-20(28)26-13-6-2-3-7-14-26/h4-5,8-9,12,15-16,24H,2-3,6-7,10-11,13-14H2,1H3. The molecular formula is C22H27N5O2. The highest BCUT2D eigenvalue weighted by Gasteiger charge is 2.19. The number of carbonyl (C=O) groups excluding carboxylic acids is 1. The molecule has 0 bridgehead atoms. The predicted octanol–water partition coefficient (Wildman–Crippen LogP) is 3.61. The summed E-state index contributed by atoms with van der Waals surface area (Å²) in [7, 11) is 1.66. The van der Waals surface area contributed by atoms with Gasteiger partial charge in [-0.25, -0.2) is 4.98 Å². The lowest BCUT2D eigenvalue weighted by molar-refractivity contribution is -0.130. The molecule has 3 aromatic rings. The number of anilines is 1. The lowest BCUT2D eigenvalue weighted by Gasteiger charge is -2.20. The Morgan fingerprint density at radius 2 is 1.97 bits per heavy atom. The number of nitrogens with zero attached hydrogens (tertiary/aromatic N) is 4. The molecule has 1 aliphatic rings. The molecule has 29 heavy (non-hydrogen) atoms. The topological polar surface area (TPSA) is 71.8 Å². The van der Waals surface area contributed by atoms with Gasteiger partial charge >= 0.3 is 0 Å². The van der Waals surface area contributed by atoms with Crippen LogP contribution in [0.15, 0.2) is 42.9 Å². The third-order valence-electron chi connectivity index (χ3n) is 5.38. The maximum absolute atomic E-state index is 12.6. The number of ether oxygens (including phenoxy) is 1. The van der Waals surface area contributed by atoms with Crippen LogP contribution in [0.2, 0.25) is 0 Å². The van der Waals surface area contributed by atoms with E-state index in [4.69, 9.17) is 9.72 Å². The van der Waals surface area contributed by atoms with Crippen LogP contribution in [0, 0.1) is 0 Å². The second-order valence-electron chi connectivity index (χ2n) is 7.29. The fourth-order valence-electron chi connectivity index (χ4n) is 3.87. The van der Waals surface area contributed by atoms with E-state index in [9.17, 15) is 4.79 Å². The quantitative estimate of drug-likeness (QED) is 0.693. The van der Waals surface area contributed by atoms with Crippen LogP contribution in [-0.2, 0) is 4.79 Å². The van der Waals surface area contributed by atoms with Crippen molar-refractivity contribution < 1.29 is 9.53 Å². The van der Waals surface area contributed by atoms with Gasteiger partial charge in [-0.05, 0) is 25.0 Å². The van der Waals surface area contributed by atoms with Gasteiger partial charge in [0, 0.05) is 44.0 Å². The van der Waals surface area contributed by atoms with Gasteiger partial charge < -0.3 is 15.0 Å². The monoisotopic (exact) mass is 393 g/mol. The lowest BCUT2D eigenvalue weighted by atomic mass is 10.1. The zero-order chi connectivity index (χ0) is 20.1. The number of likely N-dealkylation sites (tertiary alicyclic amines) is 1. The Labute approximate surface area is 170 Å². The summed E-state index contributed by atoms with van der Waals surface area (Å²) in [4.78, 5) is 23.6. The van der Waals surface area contributed by atoms with Crippen LogP contribution >= 0.6 is 0 Å². The van der Waals surface area contributed by atoms with E-state index in [2.05, 4.69) is 10.3 Å². The highest BCUT2D eigenvalue weighted by Crippen LogP contribution is 2.34. The van der Waals surface area contributed by atoms with Gasteiger partial charge in [0.2, 0.25) is 5.91 Å².